The molecular formula is C22H14N2O3S. The largest absolute Gasteiger partial charge is 0.454 e. The fourth-order valence-electron chi connectivity index (χ4n) is 3.74. The summed E-state index contributed by atoms with van der Waals surface area (Å²) in [5, 5.41) is 9.18. The summed E-state index contributed by atoms with van der Waals surface area (Å²) in [6.45, 7) is 0.240. The number of nitrogens with zero attached hydrogens (tertiary/aromatic N) is 2. The first-order valence-corrected chi connectivity index (χ1v) is 9.83. The zero-order chi connectivity index (χ0) is 18.5. The lowest BCUT2D eigenvalue weighted by atomic mass is 10.1. The minimum Gasteiger partial charge on any atom is -0.454 e. The van der Waals surface area contributed by atoms with E-state index in [1.165, 1.54) is 22.3 Å². The molecule has 1 aromatic heterocycles. The van der Waals surface area contributed by atoms with Gasteiger partial charge in [-0.15, -0.1) is 10.2 Å². The van der Waals surface area contributed by atoms with Crippen LogP contribution in [-0.2, 0) is 0 Å². The highest BCUT2D eigenvalue weighted by molar-refractivity contribution is 7.99. The lowest BCUT2D eigenvalue weighted by molar-refractivity contribution is 0.174. The van der Waals surface area contributed by atoms with Gasteiger partial charge in [-0.3, -0.25) is 0 Å². The van der Waals surface area contributed by atoms with Crippen molar-refractivity contribution in [3.8, 4) is 34.1 Å². The maximum atomic E-state index is 5.97. The molecule has 0 unspecified atom stereocenters. The summed E-state index contributed by atoms with van der Waals surface area (Å²) in [6, 6.07) is 22.6. The van der Waals surface area contributed by atoms with Crippen LogP contribution in [0.25, 0.3) is 22.6 Å². The van der Waals surface area contributed by atoms with Crippen LogP contribution in [0, 0.1) is 0 Å². The molecule has 2 aliphatic rings. The summed E-state index contributed by atoms with van der Waals surface area (Å²) < 4.78 is 16.8. The fraction of sp³-hybridized carbons (Fsp3) is 0.0909. The zero-order valence-electron chi connectivity index (χ0n) is 14.7. The molecule has 0 radical (unpaired) electrons. The van der Waals surface area contributed by atoms with Gasteiger partial charge >= 0.3 is 0 Å². The van der Waals surface area contributed by atoms with Crippen molar-refractivity contribution in [2.75, 3.05) is 6.79 Å². The molecule has 0 amide bonds. The molecule has 136 valence electrons. The van der Waals surface area contributed by atoms with E-state index in [-0.39, 0.29) is 12.0 Å². The molecule has 0 saturated heterocycles. The SMILES string of the molecule is c1ccc2c(c1)-c1ccccc1C2Sc1nnc(-c2ccc3c(c2)OCO3)o1. The maximum Gasteiger partial charge on any atom is 0.277 e. The third-order valence-corrected chi connectivity index (χ3v) is 6.13. The molecule has 5 nitrogen and oxygen atoms in total. The molecule has 0 fully saturated rings. The Morgan fingerprint density at radius 2 is 1.50 bits per heavy atom. The third-order valence-electron chi connectivity index (χ3n) is 5.02. The van der Waals surface area contributed by atoms with E-state index in [1.54, 1.807) is 11.8 Å². The molecular weight excluding hydrogens is 372 g/mol. The fourth-order valence-corrected chi connectivity index (χ4v) is 4.82. The molecule has 0 N–H and O–H groups in total. The third kappa shape index (κ3) is 2.42. The van der Waals surface area contributed by atoms with E-state index in [4.69, 9.17) is 13.9 Å². The van der Waals surface area contributed by atoms with Gasteiger partial charge in [0.2, 0.25) is 12.7 Å². The molecule has 3 aromatic carbocycles. The van der Waals surface area contributed by atoms with Crippen LogP contribution in [0.5, 0.6) is 11.5 Å². The first-order valence-electron chi connectivity index (χ1n) is 8.95. The van der Waals surface area contributed by atoms with Gasteiger partial charge in [0.05, 0.1) is 5.25 Å². The van der Waals surface area contributed by atoms with Gasteiger partial charge in [0.15, 0.2) is 11.5 Å². The zero-order valence-corrected chi connectivity index (χ0v) is 15.5. The molecule has 6 heteroatoms. The second-order valence-corrected chi connectivity index (χ2v) is 7.67. The number of ether oxygens (including phenoxy) is 2. The summed E-state index contributed by atoms with van der Waals surface area (Å²) >= 11 is 1.58. The first-order chi connectivity index (χ1) is 13.9. The van der Waals surface area contributed by atoms with Gasteiger partial charge in [-0.1, -0.05) is 60.3 Å². The van der Waals surface area contributed by atoms with Crippen molar-refractivity contribution in [3.05, 3.63) is 77.9 Å². The van der Waals surface area contributed by atoms with Crippen molar-refractivity contribution in [1.82, 2.24) is 10.2 Å². The van der Waals surface area contributed by atoms with Crippen LogP contribution in [0.1, 0.15) is 16.4 Å². The lowest BCUT2D eigenvalue weighted by Gasteiger charge is -2.10. The van der Waals surface area contributed by atoms with Crippen LogP contribution >= 0.6 is 11.8 Å². The van der Waals surface area contributed by atoms with E-state index in [1.807, 2.05) is 18.2 Å². The number of hydrogen-bond donors (Lipinski definition) is 0. The van der Waals surface area contributed by atoms with Gasteiger partial charge in [0.25, 0.3) is 5.22 Å². The summed E-state index contributed by atoms with van der Waals surface area (Å²) in [6.07, 6.45) is 0. The van der Waals surface area contributed by atoms with Crippen LogP contribution in [0.3, 0.4) is 0 Å². The molecule has 28 heavy (non-hydrogen) atoms. The van der Waals surface area contributed by atoms with E-state index in [2.05, 4.69) is 58.7 Å². The molecule has 0 spiro atoms. The van der Waals surface area contributed by atoms with E-state index in [9.17, 15) is 0 Å². The molecule has 0 saturated carbocycles. The van der Waals surface area contributed by atoms with E-state index in [0.717, 1.165) is 11.3 Å². The Balaban J connectivity index is 1.34. The second kappa shape index (κ2) is 6.14. The highest BCUT2D eigenvalue weighted by Gasteiger charge is 2.30. The van der Waals surface area contributed by atoms with Crippen LogP contribution in [0.4, 0.5) is 0 Å². The second-order valence-electron chi connectivity index (χ2n) is 6.61. The highest BCUT2D eigenvalue weighted by atomic mass is 32.2. The average Bonchev–Trinajstić information content (AvgIpc) is 3.46. The number of benzene rings is 3. The van der Waals surface area contributed by atoms with Crippen LogP contribution in [0.2, 0.25) is 0 Å². The summed E-state index contributed by atoms with van der Waals surface area (Å²) in [5.74, 6) is 1.90. The molecule has 1 aliphatic heterocycles. The number of hydrogen-bond acceptors (Lipinski definition) is 6. The molecule has 2 heterocycles. The van der Waals surface area contributed by atoms with Gasteiger partial charge in [-0.2, -0.15) is 0 Å². The number of rotatable bonds is 3. The van der Waals surface area contributed by atoms with Crippen molar-refractivity contribution < 1.29 is 13.9 Å². The number of aromatic nitrogens is 2. The first kappa shape index (κ1) is 15.8. The van der Waals surface area contributed by atoms with Crippen molar-refractivity contribution in [2.24, 2.45) is 0 Å². The predicted molar refractivity (Wildman–Crippen MR) is 105 cm³/mol. The number of thioether (sulfide) groups is 1. The van der Waals surface area contributed by atoms with Crippen molar-refractivity contribution >= 4 is 11.8 Å². The Kier molecular flexibility index (Phi) is 3.46. The topological polar surface area (TPSA) is 57.4 Å². The van der Waals surface area contributed by atoms with Gasteiger partial charge in [-0.25, -0.2) is 0 Å². The standard InChI is InChI=1S/C22H14N2O3S/c1-3-7-16-14(5-1)15-6-2-4-8-17(15)20(16)28-22-24-23-21(27-22)13-9-10-18-19(11-13)26-12-25-18/h1-11,20H,12H2. The van der Waals surface area contributed by atoms with Crippen LogP contribution < -0.4 is 9.47 Å². The normalized spacial score (nSPS) is 14.1. The Bertz CT molecular complexity index is 1160. The minimum absolute atomic E-state index is 0.137. The van der Waals surface area contributed by atoms with Gasteiger partial charge in [0, 0.05) is 5.56 Å². The Hall–Kier alpha value is -3.25. The van der Waals surface area contributed by atoms with Gasteiger partial charge in [-0.05, 0) is 40.5 Å². The summed E-state index contributed by atoms with van der Waals surface area (Å²) in [5.41, 5.74) is 5.90. The maximum absolute atomic E-state index is 5.97. The molecule has 0 bridgehead atoms. The van der Waals surface area contributed by atoms with Gasteiger partial charge < -0.3 is 13.9 Å². The van der Waals surface area contributed by atoms with Gasteiger partial charge in [0.1, 0.15) is 0 Å². The Morgan fingerprint density at radius 1 is 0.786 bits per heavy atom. The molecule has 1 aliphatic carbocycles. The smallest absolute Gasteiger partial charge is 0.277 e. The minimum atomic E-state index is 0.137. The molecule has 0 atom stereocenters. The molecule has 6 rings (SSSR count). The highest BCUT2D eigenvalue weighted by Crippen LogP contribution is 2.52. The number of fused-ring (bicyclic) bond motifs is 4. The van der Waals surface area contributed by atoms with Crippen LogP contribution in [-0.4, -0.2) is 17.0 Å². The Morgan fingerprint density at radius 3 is 2.29 bits per heavy atom. The van der Waals surface area contributed by atoms with Crippen molar-refractivity contribution in [3.63, 3.8) is 0 Å². The van der Waals surface area contributed by atoms with Crippen molar-refractivity contribution in [1.29, 1.82) is 0 Å². The Labute approximate surface area is 165 Å². The summed E-state index contributed by atoms with van der Waals surface area (Å²) in [7, 11) is 0. The molecule has 4 aromatic rings. The summed E-state index contributed by atoms with van der Waals surface area (Å²) in [4.78, 5) is 0. The van der Waals surface area contributed by atoms with Crippen LogP contribution in [0.15, 0.2) is 76.4 Å². The van der Waals surface area contributed by atoms with E-state index in [0.29, 0.717) is 16.9 Å². The van der Waals surface area contributed by atoms with Crippen molar-refractivity contribution in [2.45, 2.75) is 10.5 Å². The average molecular weight is 386 g/mol. The van der Waals surface area contributed by atoms with E-state index < -0.39 is 0 Å². The monoisotopic (exact) mass is 386 g/mol. The quantitative estimate of drug-likeness (QED) is 0.474. The van der Waals surface area contributed by atoms with E-state index >= 15 is 0 Å². The lowest BCUT2D eigenvalue weighted by Crippen LogP contribution is -1.92. The predicted octanol–water partition coefficient (Wildman–Crippen LogP) is 5.33.